The zero-order valence-electron chi connectivity index (χ0n) is 18.6. The van der Waals surface area contributed by atoms with Crippen LogP contribution in [0, 0.1) is 5.92 Å². The Hall–Kier alpha value is -1.81. The third-order valence-corrected chi connectivity index (χ3v) is 4.32. The highest BCUT2D eigenvalue weighted by molar-refractivity contribution is 14.0. The molecule has 2 N–H and O–H groups in total. The fraction of sp³-hybridized carbons (Fsp3) is 0.545. The van der Waals surface area contributed by atoms with E-state index in [1.807, 2.05) is 43.6 Å². The van der Waals surface area contributed by atoms with Crippen LogP contribution in [0.25, 0.3) is 0 Å². The predicted molar refractivity (Wildman–Crippen MR) is 133 cm³/mol. The van der Waals surface area contributed by atoms with E-state index >= 15 is 0 Å². The monoisotopic (exact) mass is 529 g/mol. The number of aromatic nitrogens is 2. The second kappa shape index (κ2) is 15.1. The van der Waals surface area contributed by atoms with E-state index in [9.17, 15) is 0 Å². The molecule has 7 nitrogen and oxygen atoms in total. The van der Waals surface area contributed by atoms with Crippen LogP contribution in [0.5, 0.6) is 5.75 Å². The van der Waals surface area contributed by atoms with Gasteiger partial charge in [0.05, 0.1) is 20.2 Å². The second-order valence-corrected chi connectivity index (χ2v) is 7.23. The van der Waals surface area contributed by atoms with Gasteiger partial charge in [-0.15, -0.1) is 24.0 Å². The first kappa shape index (κ1) is 26.2. The average molecular weight is 529 g/mol. The Morgan fingerprint density at radius 3 is 2.63 bits per heavy atom. The van der Waals surface area contributed by atoms with Gasteiger partial charge in [0.1, 0.15) is 11.6 Å². The van der Waals surface area contributed by atoms with E-state index < -0.39 is 0 Å². The number of hydrogen-bond acceptors (Lipinski definition) is 4. The Bertz CT molecular complexity index is 731. The molecular weight excluding hydrogens is 493 g/mol. The van der Waals surface area contributed by atoms with Crippen molar-refractivity contribution in [1.82, 2.24) is 20.2 Å². The van der Waals surface area contributed by atoms with Crippen molar-refractivity contribution >= 4 is 29.9 Å². The number of rotatable bonds is 12. The first-order valence-electron chi connectivity index (χ1n) is 10.3. The molecule has 8 heteroatoms. The first-order valence-corrected chi connectivity index (χ1v) is 10.3. The van der Waals surface area contributed by atoms with Crippen LogP contribution in [0.15, 0.2) is 41.7 Å². The Kier molecular flexibility index (Phi) is 13.2. The van der Waals surface area contributed by atoms with Gasteiger partial charge in [0.25, 0.3) is 0 Å². The Balaban J connectivity index is 0.00000450. The van der Waals surface area contributed by atoms with Crippen molar-refractivity contribution in [2.45, 2.75) is 46.8 Å². The van der Waals surface area contributed by atoms with Gasteiger partial charge < -0.3 is 24.7 Å². The lowest BCUT2D eigenvalue weighted by Gasteiger charge is -2.14. The van der Waals surface area contributed by atoms with E-state index in [0.29, 0.717) is 19.0 Å². The quantitative estimate of drug-likeness (QED) is 0.189. The molecule has 0 unspecified atom stereocenters. The van der Waals surface area contributed by atoms with E-state index in [1.54, 1.807) is 7.11 Å². The maximum atomic E-state index is 5.41. The van der Waals surface area contributed by atoms with Crippen molar-refractivity contribution in [2.75, 3.05) is 26.9 Å². The average Bonchev–Trinajstić information content (AvgIpc) is 3.15. The van der Waals surface area contributed by atoms with Crippen molar-refractivity contribution in [3.05, 3.63) is 48.0 Å². The molecule has 0 radical (unpaired) electrons. The van der Waals surface area contributed by atoms with Crippen LogP contribution in [0.3, 0.4) is 0 Å². The summed E-state index contributed by atoms with van der Waals surface area (Å²) >= 11 is 0. The lowest BCUT2D eigenvalue weighted by molar-refractivity contribution is 0.145. The standard InChI is InChI=1S/C22H35N5O2.HI/c1-5-29-14-6-11-24-22(25-15-19-7-9-20(28-4)10-8-19)26-16-21-23-12-13-27(21)17-18(2)3;/h7-10,12-13,18H,5-6,11,14-17H2,1-4H3,(H2,24,25,26);1H. The molecule has 0 spiro atoms. The summed E-state index contributed by atoms with van der Waals surface area (Å²) in [5.74, 6) is 3.20. The number of benzene rings is 1. The van der Waals surface area contributed by atoms with E-state index in [-0.39, 0.29) is 24.0 Å². The van der Waals surface area contributed by atoms with Gasteiger partial charge in [0.15, 0.2) is 5.96 Å². The highest BCUT2D eigenvalue weighted by atomic mass is 127. The zero-order valence-corrected chi connectivity index (χ0v) is 20.9. The molecule has 0 saturated heterocycles. The SMILES string of the molecule is CCOCCCNC(=NCc1ccc(OC)cc1)NCc1nccn1CC(C)C.I. The number of halogens is 1. The van der Waals surface area contributed by atoms with E-state index in [1.165, 1.54) is 0 Å². The summed E-state index contributed by atoms with van der Waals surface area (Å²) in [6.07, 6.45) is 4.81. The summed E-state index contributed by atoms with van der Waals surface area (Å²) in [4.78, 5) is 9.22. The molecule has 0 fully saturated rings. The van der Waals surface area contributed by atoms with Gasteiger partial charge in [0.2, 0.25) is 0 Å². The van der Waals surface area contributed by atoms with Crippen molar-refractivity contribution in [1.29, 1.82) is 0 Å². The van der Waals surface area contributed by atoms with Crippen molar-refractivity contribution < 1.29 is 9.47 Å². The molecule has 1 heterocycles. The summed E-state index contributed by atoms with van der Waals surface area (Å²) in [6, 6.07) is 7.97. The highest BCUT2D eigenvalue weighted by Gasteiger charge is 2.06. The van der Waals surface area contributed by atoms with Gasteiger partial charge in [0, 0.05) is 38.7 Å². The molecular formula is C22H36IN5O2. The van der Waals surface area contributed by atoms with Gasteiger partial charge in [-0.3, -0.25) is 0 Å². The number of ether oxygens (including phenoxy) is 2. The minimum atomic E-state index is 0. The van der Waals surface area contributed by atoms with Crippen LogP contribution in [0.1, 0.15) is 38.6 Å². The Morgan fingerprint density at radius 1 is 1.20 bits per heavy atom. The fourth-order valence-electron chi connectivity index (χ4n) is 2.83. The second-order valence-electron chi connectivity index (χ2n) is 7.23. The van der Waals surface area contributed by atoms with Gasteiger partial charge in [-0.25, -0.2) is 9.98 Å². The van der Waals surface area contributed by atoms with Gasteiger partial charge in [-0.2, -0.15) is 0 Å². The Labute approximate surface area is 197 Å². The number of aliphatic imine (C=N–C) groups is 1. The number of nitrogens with zero attached hydrogens (tertiary/aromatic N) is 3. The number of imidazole rings is 1. The van der Waals surface area contributed by atoms with Crippen LogP contribution in [-0.2, 0) is 24.4 Å². The molecule has 30 heavy (non-hydrogen) atoms. The van der Waals surface area contributed by atoms with Gasteiger partial charge in [-0.1, -0.05) is 26.0 Å². The predicted octanol–water partition coefficient (Wildman–Crippen LogP) is 3.83. The summed E-state index contributed by atoms with van der Waals surface area (Å²) in [6.45, 7) is 10.9. The third-order valence-electron chi connectivity index (χ3n) is 4.32. The smallest absolute Gasteiger partial charge is 0.191 e. The molecule has 0 amide bonds. The molecule has 2 aromatic rings. The van der Waals surface area contributed by atoms with Crippen LogP contribution in [0.4, 0.5) is 0 Å². The molecule has 0 atom stereocenters. The summed E-state index contributed by atoms with van der Waals surface area (Å²) in [7, 11) is 1.67. The van der Waals surface area contributed by atoms with Crippen LogP contribution in [-0.4, -0.2) is 42.4 Å². The maximum absolute atomic E-state index is 5.41. The lowest BCUT2D eigenvalue weighted by atomic mass is 10.2. The number of nitrogens with one attached hydrogen (secondary N) is 2. The minimum Gasteiger partial charge on any atom is -0.497 e. The van der Waals surface area contributed by atoms with Crippen LogP contribution >= 0.6 is 24.0 Å². The minimum absolute atomic E-state index is 0. The normalized spacial score (nSPS) is 11.3. The van der Waals surface area contributed by atoms with Crippen molar-refractivity contribution in [3.8, 4) is 5.75 Å². The summed E-state index contributed by atoms with van der Waals surface area (Å²) < 4.78 is 12.8. The van der Waals surface area contributed by atoms with Crippen LogP contribution in [0.2, 0.25) is 0 Å². The van der Waals surface area contributed by atoms with E-state index in [0.717, 1.165) is 55.8 Å². The van der Waals surface area contributed by atoms with Crippen LogP contribution < -0.4 is 15.4 Å². The third kappa shape index (κ3) is 9.80. The summed E-state index contributed by atoms with van der Waals surface area (Å²) in [5.41, 5.74) is 1.13. The molecule has 0 aliphatic carbocycles. The number of methoxy groups -OCH3 is 1. The lowest BCUT2D eigenvalue weighted by Crippen LogP contribution is -2.38. The highest BCUT2D eigenvalue weighted by Crippen LogP contribution is 2.12. The largest absolute Gasteiger partial charge is 0.497 e. The molecule has 1 aromatic carbocycles. The summed E-state index contributed by atoms with van der Waals surface area (Å²) in [5, 5.41) is 6.80. The molecule has 0 aliphatic rings. The van der Waals surface area contributed by atoms with E-state index in [4.69, 9.17) is 14.5 Å². The molecule has 168 valence electrons. The van der Waals surface area contributed by atoms with Gasteiger partial charge >= 0.3 is 0 Å². The first-order chi connectivity index (χ1) is 14.1. The molecule has 0 saturated carbocycles. The van der Waals surface area contributed by atoms with Gasteiger partial charge in [-0.05, 0) is 37.0 Å². The van der Waals surface area contributed by atoms with Crippen molar-refractivity contribution in [3.63, 3.8) is 0 Å². The molecule has 2 rings (SSSR count). The number of hydrogen-bond donors (Lipinski definition) is 2. The molecule has 0 bridgehead atoms. The maximum Gasteiger partial charge on any atom is 0.191 e. The van der Waals surface area contributed by atoms with Crippen molar-refractivity contribution in [2.24, 2.45) is 10.9 Å². The zero-order chi connectivity index (χ0) is 20.9. The topological polar surface area (TPSA) is 72.7 Å². The Morgan fingerprint density at radius 2 is 1.97 bits per heavy atom. The van der Waals surface area contributed by atoms with E-state index in [2.05, 4.69) is 34.0 Å². The fourth-order valence-corrected chi connectivity index (χ4v) is 2.83. The molecule has 0 aliphatic heterocycles. The number of guanidine groups is 1. The molecule has 1 aromatic heterocycles.